The van der Waals surface area contributed by atoms with Crippen molar-refractivity contribution < 1.29 is 9.50 Å². The zero-order valence-corrected chi connectivity index (χ0v) is 11.9. The Balaban J connectivity index is 2.22. The molecule has 0 fully saturated rings. The number of fused-ring (bicyclic) bond motifs is 1. The summed E-state index contributed by atoms with van der Waals surface area (Å²) in [5.74, 6) is -0.174. The van der Waals surface area contributed by atoms with E-state index < -0.39 is 6.10 Å². The number of halogens is 1. The summed E-state index contributed by atoms with van der Waals surface area (Å²) in [6.45, 7) is 6.32. The molecule has 2 rings (SSSR count). The van der Waals surface area contributed by atoms with E-state index in [4.69, 9.17) is 0 Å². The SMILES string of the molecule is CCCN(CCC)C1CCc2c(F)cccc2[C@@H]1O. The molecule has 2 nitrogen and oxygen atoms in total. The Kier molecular flexibility index (Phi) is 4.94. The zero-order chi connectivity index (χ0) is 13.8. The molecule has 1 aliphatic carbocycles. The smallest absolute Gasteiger partial charge is 0.126 e. The van der Waals surface area contributed by atoms with Gasteiger partial charge in [-0.15, -0.1) is 0 Å². The number of aliphatic hydroxyl groups is 1. The molecule has 3 heteroatoms. The van der Waals surface area contributed by atoms with Gasteiger partial charge in [0.1, 0.15) is 5.82 Å². The van der Waals surface area contributed by atoms with E-state index in [1.54, 1.807) is 6.07 Å². The highest BCUT2D eigenvalue weighted by Crippen LogP contribution is 2.34. The van der Waals surface area contributed by atoms with Crippen LogP contribution in [-0.2, 0) is 6.42 Å². The topological polar surface area (TPSA) is 23.5 Å². The third-order valence-corrected chi connectivity index (χ3v) is 4.02. The molecule has 1 N–H and O–H groups in total. The average molecular weight is 265 g/mol. The van der Waals surface area contributed by atoms with Gasteiger partial charge in [-0.2, -0.15) is 0 Å². The Labute approximate surface area is 115 Å². The van der Waals surface area contributed by atoms with Crippen molar-refractivity contribution in [2.45, 2.75) is 51.7 Å². The fourth-order valence-corrected chi connectivity index (χ4v) is 3.17. The van der Waals surface area contributed by atoms with Crippen LogP contribution in [0.2, 0.25) is 0 Å². The summed E-state index contributed by atoms with van der Waals surface area (Å²) in [4.78, 5) is 2.36. The summed E-state index contributed by atoms with van der Waals surface area (Å²) in [6, 6.07) is 5.19. The van der Waals surface area contributed by atoms with Crippen molar-refractivity contribution in [3.05, 3.63) is 35.1 Å². The van der Waals surface area contributed by atoms with E-state index in [-0.39, 0.29) is 11.9 Å². The van der Waals surface area contributed by atoms with Gasteiger partial charge in [-0.05, 0) is 56.0 Å². The number of hydrogen-bond donors (Lipinski definition) is 1. The maximum atomic E-state index is 13.7. The van der Waals surface area contributed by atoms with Crippen LogP contribution in [0.15, 0.2) is 18.2 Å². The summed E-state index contributed by atoms with van der Waals surface area (Å²) >= 11 is 0. The third kappa shape index (κ3) is 2.98. The number of hydrogen-bond acceptors (Lipinski definition) is 2. The fraction of sp³-hybridized carbons (Fsp3) is 0.625. The van der Waals surface area contributed by atoms with Gasteiger partial charge in [-0.25, -0.2) is 4.39 Å². The lowest BCUT2D eigenvalue weighted by Gasteiger charge is -2.38. The molecule has 0 saturated heterocycles. The van der Waals surface area contributed by atoms with E-state index in [0.29, 0.717) is 5.56 Å². The molecule has 0 radical (unpaired) electrons. The molecule has 1 aliphatic rings. The first-order chi connectivity index (χ1) is 9.19. The quantitative estimate of drug-likeness (QED) is 0.883. The monoisotopic (exact) mass is 265 g/mol. The average Bonchev–Trinajstić information content (AvgIpc) is 2.40. The minimum atomic E-state index is -0.558. The van der Waals surface area contributed by atoms with Crippen molar-refractivity contribution in [3.63, 3.8) is 0 Å². The molecule has 1 aromatic carbocycles. The Morgan fingerprint density at radius 3 is 2.58 bits per heavy atom. The standard InChI is InChI=1S/C16H24FNO/c1-3-10-18(11-4-2)15-9-8-12-13(16(15)19)6-5-7-14(12)17/h5-7,15-16,19H,3-4,8-11H2,1-2H3/t15?,16-/m0/s1. The molecule has 19 heavy (non-hydrogen) atoms. The zero-order valence-electron chi connectivity index (χ0n) is 11.9. The molecule has 0 amide bonds. The van der Waals surface area contributed by atoms with E-state index in [9.17, 15) is 9.50 Å². The van der Waals surface area contributed by atoms with Crippen molar-refractivity contribution in [3.8, 4) is 0 Å². The first kappa shape index (κ1) is 14.5. The molecular formula is C16H24FNO. The number of nitrogens with zero attached hydrogens (tertiary/aromatic N) is 1. The van der Waals surface area contributed by atoms with E-state index in [1.165, 1.54) is 6.07 Å². The molecule has 1 aromatic rings. The third-order valence-electron chi connectivity index (χ3n) is 4.02. The summed E-state index contributed by atoms with van der Waals surface area (Å²) in [6.07, 6.45) is 3.18. The van der Waals surface area contributed by atoms with Crippen LogP contribution in [0.1, 0.15) is 50.3 Å². The summed E-state index contributed by atoms with van der Waals surface area (Å²) < 4.78 is 13.7. The second kappa shape index (κ2) is 6.49. The van der Waals surface area contributed by atoms with Crippen molar-refractivity contribution in [1.29, 1.82) is 0 Å². The first-order valence-electron chi connectivity index (χ1n) is 7.38. The van der Waals surface area contributed by atoms with Gasteiger partial charge in [0.25, 0.3) is 0 Å². The molecule has 0 bridgehead atoms. The van der Waals surface area contributed by atoms with Gasteiger partial charge in [-0.3, -0.25) is 4.90 Å². The molecular weight excluding hydrogens is 241 g/mol. The second-order valence-electron chi connectivity index (χ2n) is 5.39. The second-order valence-corrected chi connectivity index (χ2v) is 5.39. The Hall–Kier alpha value is -0.930. The van der Waals surface area contributed by atoms with Gasteiger partial charge >= 0.3 is 0 Å². The molecule has 0 aromatic heterocycles. The Morgan fingerprint density at radius 1 is 1.26 bits per heavy atom. The predicted molar refractivity (Wildman–Crippen MR) is 75.6 cm³/mol. The van der Waals surface area contributed by atoms with Gasteiger partial charge in [0.2, 0.25) is 0 Å². The molecule has 2 atom stereocenters. The Bertz CT molecular complexity index is 415. The van der Waals surface area contributed by atoms with Crippen molar-refractivity contribution in [2.24, 2.45) is 0 Å². The summed E-state index contributed by atoms with van der Waals surface area (Å²) in [5.41, 5.74) is 1.49. The van der Waals surface area contributed by atoms with E-state index in [2.05, 4.69) is 18.7 Å². The van der Waals surface area contributed by atoms with Crippen molar-refractivity contribution in [1.82, 2.24) is 4.90 Å². The normalized spacial score (nSPS) is 22.6. The van der Waals surface area contributed by atoms with Crippen LogP contribution < -0.4 is 0 Å². The van der Waals surface area contributed by atoms with Gasteiger partial charge < -0.3 is 5.11 Å². The van der Waals surface area contributed by atoms with Crippen LogP contribution in [0.3, 0.4) is 0 Å². The number of rotatable bonds is 5. The van der Waals surface area contributed by atoms with Crippen LogP contribution in [0, 0.1) is 5.82 Å². The van der Waals surface area contributed by atoms with Crippen molar-refractivity contribution in [2.75, 3.05) is 13.1 Å². The molecule has 0 heterocycles. The van der Waals surface area contributed by atoms with Crippen LogP contribution in [0.4, 0.5) is 4.39 Å². The molecule has 0 saturated carbocycles. The van der Waals surface area contributed by atoms with E-state index in [1.807, 2.05) is 6.07 Å². The van der Waals surface area contributed by atoms with Crippen LogP contribution in [0.5, 0.6) is 0 Å². The fourth-order valence-electron chi connectivity index (χ4n) is 3.17. The van der Waals surface area contributed by atoms with E-state index >= 15 is 0 Å². The van der Waals surface area contributed by atoms with Crippen LogP contribution >= 0.6 is 0 Å². The summed E-state index contributed by atoms with van der Waals surface area (Å²) in [7, 11) is 0. The summed E-state index contributed by atoms with van der Waals surface area (Å²) in [5, 5.41) is 10.6. The largest absolute Gasteiger partial charge is 0.387 e. The molecule has 0 aliphatic heterocycles. The maximum Gasteiger partial charge on any atom is 0.126 e. The lowest BCUT2D eigenvalue weighted by molar-refractivity contribution is 0.0351. The minimum absolute atomic E-state index is 0.134. The van der Waals surface area contributed by atoms with Crippen molar-refractivity contribution >= 4 is 0 Å². The van der Waals surface area contributed by atoms with Crippen LogP contribution in [-0.4, -0.2) is 29.1 Å². The van der Waals surface area contributed by atoms with Gasteiger partial charge in [-0.1, -0.05) is 26.0 Å². The van der Waals surface area contributed by atoms with Gasteiger partial charge in [0.15, 0.2) is 0 Å². The lowest BCUT2D eigenvalue weighted by atomic mass is 9.84. The minimum Gasteiger partial charge on any atom is -0.387 e. The molecule has 1 unspecified atom stereocenters. The first-order valence-corrected chi connectivity index (χ1v) is 7.38. The number of aliphatic hydroxyl groups excluding tert-OH is 1. The van der Waals surface area contributed by atoms with E-state index in [0.717, 1.165) is 44.3 Å². The highest BCUT2D eigenvalue weighted by atomic mass is 19.1. The van der Waals surface area contributed by atoms with Gasteiger partial charge in [0.05, 0.1) is 6.10 Å². The lowest BCUT2D eigenvalue weighted by Crippen LogP contribution is -2.43. The highest BCUT2D eigenvalue weighted by Gasteiger charge is 2.32. The molecule has 106 valence electrons. The maximum absolute atomic E-state index is 13.7. The highest BCUT2D eigenvalue weighted by molar-refractivity contribution is 5.34. The van der Waals surface area contributed by atoms with Gasteiger partial charge in [0, 0.05) is 6.04 Å². The Morgan fingerprint density at radius 2 is 1.95 bits per heavy atom. The predicted octanol–water partition coefficient (Wildman–Crippen LogP) is 3.30. The number of benzene rings is 1. The van der Waals surface area contributed by atoms with Crippen LogP contribution in [0.25, 0.3) is 0 Å². The molecule has 0 spiro atoms.